The molecule has 4 N–H and O–H groups in total. The number of nitrogen functional groups attached to an aromatic ring is 1. The molecule has 28 heavy (non-hydrogen) atoms. The second kappa shape index (κ2) is 10.7. The van der Waals surface area contributed by atoms with Crippen molar-refractivity contribution in [1.29, 1.82) is 0 Å². The maximum atomic E-state index is 11.5. The molecule has 0 fully saturated rings. The van der Waals surface area contributed by atoms with E-state index in [0.29, 0.717) is 11.4 Å². The second-order valence-corrected chi connectivity index (χ2v) is 5.80. The standard InChI is InChI=1S/C20H23N3O5/c1-2-27-19(26)13-28-23-20(14-6-4-3-5-7-14)15-8-9-17(21)16(10-15)11-22-12-18(24)25/h3-10,22H,2,11-13,21H2,1H3,(H,24,25)/b23-20+. The quantitative estimate of drug-likeness (QED) is 0.246. The molecule has 0 aromatic heterocycles. The van der Waals surface area contributed by atoms with Gasteiger partial charge in [-0.15, -0.1) is 0 Å². The summed E-state index contributed by atoms with van der Waals surface area (Å²) in [5.74, 6) is -1.46. The van der Waals surface area contributed by atoms with Crippen molar-refractivity contribution in [1.82, 2.24) is 5.32 Å². The maximum Gasteiger partial charge on any atom is 0.347 e. The molecule has 0 heterocycles. The van der Waals surface area contributed by atoms with Gasteiger partial charge in [0.1, 0.15) is 5.71 Å². The highest BCUT2D eigenvalue weighted by Crippen LogP contribution is 2.18. The van der Waals surface area contributed by atoms with Gasteiger partial charge in [-0.25, -0.2) is 4.79 Å². The van der Waals surface area contributed by atoms with Crippen LogP contribution in [0.15, 0.2) is 53.7 Å². The Bertz CT molecular complexity index is 837. The van der Waals surface area contributed by atoms with Gasteiger partial charge < -0.3 is 25.7 Å². The number of rotatable bonds is 10. The number of hydrogen-bond acceptors (Lipinski definition) is 7. The summed E-state index contributed by atoms with van der Waals surface area (Å²) in [7, 11) is 0. The molecule has 148 valence electrons. The number of oxime groups is 1. The van der Waals surface area contributed by atoms with Crippen molar-refractivity contribution in [2.75, 3.05) is 25.5 Å². The first-order valence-corrected chi connectivity index (χ1v) is 8.73. The number of nitrogens with one attached hydrogen (secondary N) is 1. The van der Waals surface area contributed by atoms with E-state index in [0.717, 1.165) is 16.7 Å². The summed E-state index contributed by atoms with van der Waals surface area (Å²) in [4.78, 5) is 27.4. The SMILES string of the molecule is CCOC(=O)CO/N=C(\c1ccccc1)c1ccc(N)c(CNCC(=O)O)c1. The summed E-state index contributed by atoms with van der Waals surface area (Å²) in [5.41, 5.74) is 9.29. The topological polar surface area (TPSA) is 123 Å². The van der Waals surface area contributed by atoms with E-state index in [1.165, 1.54) is 0 Å². The second-order valence-electron chi connectivity index (χ2n) is 5.80. The van der Waals surface area contributed by atoms with Gasteiger partial charge in [-0.3, -0.25) is 4.79 Å². The first-order chi connectivity index (χ1) is 13.5. The average molecular weight is 385 g/mol. The van der Waals surface area contributed by atoms with Gasteiger partial charge in [0.15, 0.2) is 0 Å². The van der Waals surface area contributed by atoms with Crippen LogP contribution in [0.25, 0.3) is 0 Å². The normalized spacial score (nSPS) is 11.1. The predicted octanol–water partition coefficient (Wildman–Crippen LogP) is 1.78. The Balaban J connectivity index is 2.27. The van der Waals surface area contributed by atoms with Gasteiger partial charge in [-0.05, 0) is 24.6 Å². The fourth-order valence-corrected chi connectivity index (χ4v) is 2.43. The number of carboxylic acids is 1. The lowest BCUT2D eigenvalue weighted by Gasteiger charge is -2.12. The van der Waals surface area contributed by atoms with E-state index < -0.39 is 11.9 Å². The Morgan fingerprint density at radius 2 is 1.89 bits per heavy atom. The number of carboxylic acid groups (broad SMARTS) is 1. The lowest BCUT2D eigenvalue weighted by molar-refractivity contribution is -0.148. The number of carbonyl (C=O) groups excluding carboxylic acids is 1. The maximum absolute atomic E-state index is 11.5. The zero-order valence-corrected chi connectivity index (χ0v) is 15.6. The van der Waals surface area contributed by atoms with Crippen molar-refractivity contribution in [2.24, 2.45) is 5.16 Å². The molecule has 2 rings (SSSR count). The third kappa shape index (κ3) is 6.40. The summed E-state index contributed by atoms with van der Waals surface area (Å²) >= 11 is 0. The highest BCUT2D eigenvalue weighted by Gasteiger charge is 2.12. The smallest absolute Gasteiger partial charge is 0.347 e. The molecule has 8 heteroatoms. The molecule has 0 aliphatic heterocycles. The first-order valence-electron chi connectivity index (χ1n) is 8.73. The van der Waals surface area contributed by atoms with E-state index in [-0.39, 0.29) is 26.3 Å². The number of anilines is 1. The van der Waals surface area contributed by atoms with Crippen LogP contribution in [0.1, 0.15) is 23.6 Å². The minimum Gasteiger partial charge on any atom is -0.480 e. The largest absolute Gasteiger partial charge is 0.480 e. The van der Waals surface area contributed by atoms with Crippen LogP contribution >= 0.6 is 0 Å². The highest BCUT2D eigenvalue weighted by molar-refractivity contribution is 6.12. The molecule has 0 bridgehead atoms. The van der Waals surface area contributed by atoms with Gasteiger partial charge in [-0.2, -0.15) is 0 Å². The molecule has 0 atom stereocenters. The van der Waals surface area contributed by atoms with Crippen LogP contribution in [0.2, 0.25) is 0 Å². The van der Waals surface area contributed by atoms with E-state index in [4.69, 9.17) is 20.4 Å². The van der Waals surface area contributed by atoms with Crippen LogP contribution in [0, 0.1) is 0 Å². The lowest BCUT2D eigenvalue weighted by atomic mass is 9.99. The molecule has 8 nitrogen and oxygen atoms in total. The van der Waals surface area contributed by atoms with Gasteiger partial charge in [-0.1, -0.05) is 41.6 Å². The van der Waals surface area contributed by atoms with Gasteiger partial charge in [0.05, 0.1) is 13.2 Å². The molecular weight excluding hydrogens is 362 g/mol. The van der Waals surface area contributed by atoms with Crippen LogP contribution in [-0.4, -0.2) is 42.5 Å². The monoisotopic (exact) mass is 385 g/mol. The van der Waals surface area contributed by atoms with Crippen LogP contribution < -0.4 is 11.1 Å². The van der Waals surface area contributed by atoms with Crippen molar-refractivity contribution < 1.29 is 24.3 Å². The van der Waals surface area contributed by atoms with Crippen molar-refractivity contribution >= 4 is 23.3 Å². The molecule has 0 aliphatic rings. The van der Waals surface area contributed by atoms with Gasteiger partial charge in [0.2, 0.25) is 6.61 Å². The van der Waals surface area contributed by atoms with E-state index in [1.807, 2.05) is 36.4 Å². The fraction of sp³-hybridized carbons (Fsp3) is 0.250. The number of esters is 1. The van der Waals surface area contributed by atoms with Gasteiger partial charge in [0.25, 0.3) is 0 Å². The number of hydrogen-bond donors (Lipinski definition) is 3. The summed E-state index contributed by atoms with van der Waals surface area (Å²) in [6.07, 6.45) is 0. The molecule has 0 radical (unpaired) electrons. The fourth-order valence-electron chi connectivity index (χ4n) is 2.43. The first kappa shape index (κ1) is 20.9. The van der Waals surface area contributed by atoms with Crippen molar-refractivity contribution in [2.45, 2.75) is 13.5 Å². The summed E-state index contributed by atoms with van der Waals surface area (Å²) < 4.78 is 4.83. The van der Waals surface area contributed by atoms with E-state index in [1.54, 1.807) is 19.1 Å². The number of ether oxygens (including phenoxy) is 1. The summed E-state index contributed by atoms with van der Waals surface area (Å²) in [6.45, 7) is 1.79. The number of nitrogens with two attached hydrogens (primary N) is 1. The van der Waals surface area contributed by atoms with E-state index in [9.17, 15) is 9.59 Å². The van der Waals surface area contributed by atoms with Crippen molar-refractivity contribution in [3.8, 4) is 0 Å². The molecule has 2 aromatic carbocycles. The Morgan fingerprint density at radius 1 is 1.14 bits per heavy atom. The summed E-state index contributed by atoms with van der Waals surface area (Å²) in [5, 5.41) is 15.7. The number of carbonyl (C=O) groups is 2. The molecule has 2 aromatic rings. The molecule has 0 saturated heterocycles. The van der Waals surface area contributed by atoms with Gasteiger partial charge >= 0.3 is 11.9 Å². The lowest BCUT2D eigenvalue weighted by Crippen LogP contribution is -2.22. The minimum absolute atomic E-state index is 0.175. The van der Waals surface area contributed by atoms with Crippen LogP contribution in [0.3, 0.4) is 0 Å². The predicted molar refractivity (Wildman–Crippen MR) is 105 cm³/mol. The van der Waals surface area contributed by atoms with E-state index >= 15 is 0 Å². The zero-order valence-electron chi connectivity index (χ0n) is 15.6. The zero-order chi connectivity index (χ0) is 20.4. The molecule has 0 aliphatic carbocycles. The molecule has 0 unspecified atom stereocenters. The van der Waals surface area contributed by atoms with Gasteiger partial charge in [0, 0.05) is 23.4 Å². The third-order valence-electron chi connectivity index (χ3n) is 3.70. The Hall–Kier alpha value is -3.39. The Morgan fingerprint density at radius 3 is 2.57 bits per heavy atom. The molecule has 0 saturated carbocycles. The summed E-state index contributed by atoms with van der Waals surface area (Å²) in [6, 6.07) is 14.7. The van der Waals surface area contributed by atoms with Crippen LogP contribution in [-0.2, 0) is 25.7 Å². The number of aliphatic carboxylic acids is 1. The van der Waals surface area contributed by atoms with Crippen molar-refractivity contribution in [3.63, 3.8) is 0 Å². The molecule has 0 amide bonds. The number of nitrogens with zero attached hydrogens (tertiary/aromatic N) is 1. The van der Waals surface area contributed by atoms with Crippen LogP contribution in [0.5, 0.6) is 0 Å². The van der Waals surface area contributed by atoms with E-state index in [2.05, 4.69) is 10.5 Å². The number of benzene rings is 2. The molecule has 0 spiro atoms. The third-order valence-corrected chi connectivity index (χ3v) is 3.70. The minimum atomic E-state index is -0.950. The Labute approximate surface area is 162 Å². The highest BCUT2D eigenvalue weighted by atomic mass is 16.7. The van der Waals surface area contributed by atoms with Crippen molar-refractivity contribution in [3.05, 3.63) is 65.2 Å². The average Bonchev–Trinajstić information content (AvgIpc) is 2.67. The Kier molecular flexibility index (Phi) is 7.98. The molecular formula is C20H23N3O5. The van der Waals surface area contributed by atoms with Crippen LogP contribution in [0.4, 0.5) is 5.69 Å².